The lowest BCUT2D eigenvalue weighted by atomic mass is 10.2. The third kappa shape index (κ3) is 4.47. The molecule has 2 heterocycles. The molecule has 0 saturated heterocycles. The molecule has 0 aliphatic carbocycles. The van der Waals surface area contributed by atoms with Crippen molar-refractivity contribution in [3.63, 3.8) is 0 Å². The van der Waals surface area contributed by atoms with Crippen LogP contribution in [0.15, 0.2) is 54.9 Å². The molecule has 134 valence electrons. The van der Waals surface area contributed by atoms with Crippen LogP contribution in [0.2, 0.25) is 0 Å². The first-order valence-corrected chi connectivity index (χ1v) is 8.45. The van der Waals surface area contributed by atoms with Gasteiger partial charge in [-0.1, -0.05) is 12.1 Å². The van der Waals surface area contributed by atoms with Crippen molar-refractivity contribution in [2.45, 2.75) is 20.0 Å². The number of aromatic nitrogens is 3. The minimum absolute atomic E-state index is 0.0663. The summed E-state index contributed by atoms with van der Waals surface area (Å²) in [6, 6.07) is 13.3. The summed E-state index contributed by atoms with van der Waals surface area (Å²) in [6.07, 6.45) is 3.42. The summed E-state index contributed by atoms with van der Waals surface area (Å²) < 4.78 is 11.3. The van der Waals surface area contributed by atoms with Gasteiger partial charge in [-0.3, -0.25) is 4.98 Å². The molecular formula is C20H22N4O2. The second kappa shape index (κ2) is 8.29. The lowest BCUT2D eigenvalue weighted by Crippen LogP contribution is -2.23. The summed E-state index contributed by atoms with van der Waals surface area (Å²) in [4.78, 5) is 13.2. The van der Waals surface area contributed by atoms with Crippen LogP contribution in [0.1, 0.15) is 12.6 Å². The number of hydrogen-bond donors (Lipinski definition) is 1. The Morgan fingerprint density at radius 1 is 1.08 bits per heavy atom. The lowest BCUT2D eigenvalue weighted by Gasteiger charge is -2.18. The van der Waals surface area contributed by atoms with Gasteiger partial charge in [-0.25, -0.2) is 9.97 Å². The van der Waals surface area contributed by atoms with Crippen LogP contribution >= 0.6 is 0 Å². The first-order chi connectivity index (χ1) is 12.7. The monoisotopic (exact) mass is 350 g/mol. The summed E-state index contributed by atoms with van der Waals surface area (Å²) in [5.74, 6) is 2.85. The van der Waals surface area contributed by atoms with Crippen LogP contribution in [0.5, 0.6) is 11.5 Å². The highest BCUT2D eigenvalue weighted by atomic mass is 16.5. The van der Waals surface area contributed by atoms with Crippen molar-refractivity contribution in [1.29, 1.82) is 0 Å². The molecule has 0 aliphatic heterocycles. The predicted octanol–water partition coefficient (Wildman–Crippen LogP) is 3.74. The maximum absolute atomic E-state index is 5.96. The standard InChI is InChI=1S/C20H22N4O2/c1-14-11-19(24-20(23-14)16-7-6-10-21-13-16)22-12-15(2)26-18-9-5-4-8-17(18)25-3/h4-11,13,15H,12H2,1-3H3,(H,22,23,24). The maximum atomic E-state index is 5.96. The van der Waals surface area contributed by atoms with Crippen molar-refractivity contribution in [3.8, 4) is 22.9 Å². The van der Waals surface area contributed by atoms with Crippen molar-refractivity contribution in [1.82, 2.24) is 15.0 Å². The second-order valence-corrected chi connectivity index (χ2v) is 5.92. The van der Waals surface area contributed by atoms with E-state index in [-0.39, 0.29) is 6.10 Å². The van der Waals surface area contributed by atoms with E-state index in [4.69, 9.17) is 9.47 Å². The molecular weight excluding hydrogens is 328 g/mol. The number of aryl methyl sites for hydroxylation is 1. The molecule has 6 heteroatoms. The number of rotatable bonds is 7. The van der Waals surface area contributed by atoms with Gasteiger partial charge in [-0.15, -0.1) is 0 Å². The van der Waals surface area contributed by atoms with E-state index in [0.717, 1.165) is 28.6 Å². The van der Waals surface area contributed by atoms with E-state index in [2.05, 4.69) is 20.3 Å². The van der Waals surface area contributed by atoms with Crippen LogP contribution in [-0.4, -0.2) is 34.7 Å². The number of methoxy groups -OCH3 is 1. The molecule has 0 bridgehead atoms. The van der Waals surface area contributed by atoms with Gasteiger partial charge in [0.25, 0.3) is 0 Å². The van der Waals surface area contributed by atoms with Gasteiger partial charge in [0, 0.05) is 29.7 Å². The van der Waals surface area contributed by atoms with E-state index in [1.54, 1.807) is 19.5 Å². The van der Waals surface area contributed by atoms with E-state index < -0.39 is 0 Å². The van der Waals surface area contributed by atoms with Gasteiger partial charge < -0.3 is 14.8 Å². The third-order valence-electron chi connectivity index (χ3n) is 3.74. The molecule has 3 rings (SSSR count). The van der Waals surface area contributed by atoms with Gasteiger partial charge >= 0.3 is 0 Å². The number of para-hydroxylation sites is 2. The van der Waals surface area contributed by atoms with Crippen molar-refractivity contribution < 1.29 is 9.47 Å². The molecule has 26 heavy (non-hydrogen) atoms. The Balaban J connectivity index is 1.67. The molecule has 1 N–H and O–H groups in total. The summed E-state index contributed by atoms with van der Waals surface area (Å²) in [7, 11) is 1.63. The quantitative estimate of drug-likeness (QED) is 0.700. The zero-order valence-electron chi connectivity index (χ0n) is 15.1. The third-order valence-corrected chi connectivity index (χ3v) is 3.74. The van der Waals surface area contributed by atoms with Gasteiger partial charge in [0.15, 0.2) is 17.3 Å². The average molecular weight is 350 g/mol. The fourth-order valence-electron chi connectivity index (χ4n) is 2.51. The number of hydrogen-bond acceptors (Lipinski definition) is 6. The van der Waals surface area contributed by atoms with Crippen LogP contribution in [0.3, 0.4) is 0 Å². The smallest absolute Gasteiger partial charge is 0.163 e. The van der Waals surface area contributed by atoms with Crippen molar-refractivity contribution >= 4 is 5.82 Å². The molecule has 0 spiro atoms. The normalized spacial score (nSPS) is 11.7. The van der Waals surface area contributed by atoms with E-state index >= 15 is 0 Å². The average Bonchev–Trinajstić information content (AvgIpc) is 2.67. The Hall–Kier alpha value is -3.15. The number of nitrogens with zero attached hydrogens (tertiary/aromatic N) is 3. The molecule has 6 nitrogen and oxygen atoms in total. The second-order valence-electron chi connectivity index (χ2n) is 5.92. The fraction of sp³-hybridized carbons (Fsp3) is 0.250. The van der Waals surface area contributed by atoms with E-state index in [1.165, 1.54) is 0 Å². The zero-order valence-corrected chi connectivity index (χ0v) is 15.1. The number of ether oxygens (including phenoxy) is 2. The summed E-state index contributed by atoms with van der Waals surface area (Å²) >= 11 is 0. The van der Waals surface area contributed by atoms with Gasteiger partial charge in [0.05, 0.1) is 13.7 Å². The molecule has 0 radical (unpaired) electrons. The molecule has 0 amide bonds. The maximum Gasteiger partial charge on any atom is 0.163 e. The first-order valence-electron chi connectivity index (χ1n) is 8.45. The fourth-order valence-corrected chi connectivity index (χ4v) is 2.51. The Morgan fingerprint density at radius 3 is 2.62 bits per heavy atom. The van der Waals surface area contributed by atoms with Crippen molar-refractivity contribution in [2.24, 2.45) is 0 Å². The Morgan fingerprint density at radius 2 is 1.88 bits per heavy atom. The van der Waals surface area contributed by atoms with Crippen LogP contribution in [0.25, 0.3) is 11.4 Å². The summed E-state index contributed by atoms with van der Waals surface area (Å²) in [5.41, 5.74) is 1.78. The van der Waals surface area contributed by atoms with Crippen molar-refractivity contribution in [2.75, 3.05) is 19.0 Å². The molecule has 0 aliphatic rings. The molecule has 1 unspecified atom stereocenters. The van der Waals surface area contributed by atoms with Gasteiger partial charge in [-0.05, 0) is 38.1 Å². The molecule has 2 aromatic heterocycles. The summed E-state index contributed by atoms with van der Waals surface area (Å²) in [6.45, 7) is 4.54. The van der Waals surface area contributed by atoms with Crippen molar-refractivity contribution in [3.05, 3.63) is 60.6 Å². The van der Waals surface area contributed by atoms with Gasteiger partial charge in [0.2, 0.25) is 0 Å². The number of nitrogens with one attached hydrogen (secondary N) is 1. The Bertz CT molecular complexity index is 855. The molecule has 3 aromatic rings. The Kier molecular flexibility index (Phi) is 5.63. The highest BCUT2D eigenvalue weighted by Gasteiger charge is 2.10. The SMILES string of the molecule is COc1ccccc1OC(C)CNc1cc(C)nc(-c2cccnc2)n1. The predicted molar refractivity (Wildman–Crippen MR) is 102 cm³/mol. The van der Waals surface area contributed by atoms with Crippen LogP contribution in [0, 0.1) is 6.92 Å². The van der Waals surface area contributed by atoms with E-state index in [9.17, 15) is 0 Å². The number of benzene rings is 1. The van der Waals surface area contributed by atoms with E-state index in [0.29, 0.717) is 12.4 Å². The van der Waals surface area contributed by atoms with Crippen LogP contribution in [-0.2, 0) is 0 Å². The highest BCUT2D eigenvalue weighted by Crippen LogP contribution is 2.26. The minimum atomic E-state index is -0.0663. The number of pyridine rings is 1. The molecule has 0 fully saturated rings. The molecule has 0 saturated carbocycles. The van der Waals surface area contributed by atoms with Gasteiger partial charge in [-0.2, -0.15) is 0 Å². The van der Waals surface area contributed by atoms with Gasteiger partial charge in [0.1, 0.15) is 11.9 Å². The zero-order chi connectivity index (χ0) is 18.4. The van der Waals surface area contributed by atoms with Crippen LogP contribution < -0.4 is 14.8 Å². The largest absolute Gasteiger partial charge is 0.493 e. The van der Waals surface area contributed by atoms with Crippen LogP contribution in [0.4, 0.5) is 5.82 Å². The molecule has 1 atom stereocenters. The Labute approximate surface area is 153 Å². The summed E-state index contributed by atoms with van der Waals surface area (Å²) in [5, 5.41) is 3.32. The minimum Gasteiger partial charge on any atom is -0.493 e. The molecule has 1 aromatic carbocycles. The lowest BCUT2D eigenvalue weighted by molar-refractivity contribution is 0.223. The topological polar surface area (TPSA) is 69.2 Å². The first kappa shape index (κ1) is 17.7. The highest BCUT2D eigenvalue weighted by molar-refractivity contribution is 5.56. The number of anilines is 1. The van der Waals surface area contributed by atoms with E-state index in [1.807, 2.05) is 56.3 Å².